The van der Waals surface area contributed by atoms with Crippen molar-refractivity contribution in [2.24, 2.45) is 0 Å². The van der Waals surface area contributed by atoms with Crippen molar-refractivity contribution in [3.05, 3.63) is 0 Å². The van der Waals surface area contributed by atoms with Crippen LogP contribution in [-0.2, 0) is 4.74 Å². The van der Waals surface area contributed by atoms with Crippen LogP contribution in [0.25, 0.3) is 0 Å². The first kappa shape index (κ1) is 37.7. The first-order valence-corrected chi connectivity index (χ1v) is 16.0. The Labute approximate surface area is 262 Å². The second-order valence-electron chi connectivity index (χ2n) is 10.8. The average molecular weight is 507 g/mol. The van der Waals surface area contributed by atoms with Crippen LogP contribution in [0.2, 0.25) is 0 Å². The number of rotatable bonds is 30. The molecule has 0 aliphatic rings. The number of hydrogen-bond acceptors (Lipinski definition) is 1. The topological polar surface area (TPSA) is 9.23 Å². The molecule has 1 nitrogen and oxygen atoms in total. The van der Waals surface area contributed by atoms with Gasteiger partial charge in [0.1, 0.15) is 0 Å². The van der Waals surface area contributed by atoms with Crippen molar-refractivity contribution < 1.29 is 57.5 Å². The van der Waals surface area contributed by atoms with Crippen molar-refractivity contribution in [2.45, 2.75) is 194 Å². The number of ether oxygens (including phenoxy) is 1. The predicted molar refractivity (Wildman–Crippen MR) is 153 cm³/mol. The Morgan fingerprint density at radius 3 is 0.676 bits per heavy atom. The molecule has 0 heterocycles. The van der Waals surface area contributed by atoms with Crippen LogP contribution in [0.4, 0.5) is 0 Å². The summed E-state index contributed by atoms with van der Waals surface area (Å²) >= 11 is 0. The third-order valence-electron chi connectivity index (χ3n) is 7.28. The van der Waals surface area contributed by atoms with Crippen molar-refractivity contribution >= 4 is 0 Å². The molecule has 0 atom stereocenters. The second kappa shape index (κ2) is 36.8. The van der Waals surface area contributed by atoms with Crippen molar-refractivity contribution in [3.8, 4) is 0 Å². The Hall–Kier alpha value is 1.60. The van der Waals surface area contributed by atoms with E-state index in [1.165, 1.54) is 180 Å². The molecule has 0 bridgehead atoms. The standard InChI is InChI=1S/C32H66O.K.H/c1-3-5-7-9-11-13-15-17-19-21-23-25-27-29-31-33-32-30-28-26-24-22-20-18-16-14-12-10-8-6-4-2;;/h3-32H2,1-2H3;;/q;+1;-1. The minimum absolute atomic E-state index is 0. The van der Waals surface area contributed by atoms with E-state index in [9.17, 15) is 0 Å². The summed E-state index contributed by atoms with van der Waals surface area (Å²) < 4.78 is 5.85. The molecule has 0 saturated carbocycles. The molecule has 0 aromatic rings. The summed E-state index contributed by atoms with van der Waals surface area (Å²) in [6.07, 6.45) is 40.1. The van der Waals surface area contributed by atoms with E-state index in [0.29, 0.717) is 0 Å². The Morgan fingerprint density at radius 1 is 0.294 bits per heavy atom. The quantitative estimate of drug-likeness (QED) is 0.0697. The summed E-state index contributed by atoms with van der Waals surface area (Å²) in [4.78, 5) is 0. The zero-order chi connectivity index (χ0) is 23.9. The summed E-state index contributed by atoms with van der Waals surface area (Å²) in [7, 11) is 0. The first-order valence-electron chi connectivity index (χ1n) is 16.0. The second-order valence-corrected chi connectivity index (χ2v) is 10.8. The first-order chi connectivity index (χ1) is 16.4. The van der Waals surface area contributed by atoms with E-state index in [2.05, 4.69) is 13.8 Å². The maximum absolute atomic E-state index is 5.85. The number of hydrogen-bond donors (Lipinski definition) is 0. The molecule has 0 aromatic carbocycles. The molecule has 0 radical (unpaired) electrons. The monoisotopic (exact) mass is 506 g/mol. The van der Waals surface area contributed by atoms with Crippen LogP contribution in [0.5, 0.6) is 0 Å². The van der Waals surface area contributed by atoms with Gasteiger partial charge in [0.15, 0.2) is 0 Å². The summed E-state index contributed by atoms with van der Waals surface area (Å²) in [5.41, 5.74) is 0. The van der Waals surface area contributed by atoms with Crippen molar-refractivity contribution in [3.63, 3.8) is 0 Å². The summed E-state index contributed by atoms with van der Waals surface area (Å²) in [5.74, 6) is 0. The van der Waals surface area contributed by atoms with E-state index < -0.39 is 0 Å². The molecular formula is C32H67KO. The van der Waals surface area contributed by atoms with Crippen molar-refractivity contribution in [1.82, 2.24) is 0 Å². The fourth-order valence-corrected chi connectivity index (χ4v) is 4.90. The Kier molecular flexibility index (Phi) is 40.8. The van der Waals surface area contributed by atoms with Crippen LogP contribution >= 0.6 is 0 Å². The molecule has 0 amide bonds. The van der Waals surface area contributed by atoms with E-state index >= 15 is 0 Å². The SMILES string of the molecule is CCCCCCCCCCCCCCCCOCCCCCCCCCCCCCCCC.[H-].[K+]. The van der Waals surface area contributed by atoms with Gasteiger partial charge in [-0.25, -0.2) is 0 Å². The van der Waals surface area contributed by atoms with Gasteiger partial charge in [-0.15, -0.1) is 0 Å². The third-order valence-corrected chi connectivity index (χ3v) is 7.28. The summed E-state index contributed by atoms with van der Waals surface area (Å²) in [6.45, 7) is 6.59. The maximum Gasteiger partial charge on any atom is 1.00 e. The van der Waals surface area contributed by atoms with E-state index in [0.717, 1.165) is 13.2 Å². The minimum Gasteiger partial charge on any atom is -1.00 e. The molecule has 0 aliphatic carbocycles. The van der Waals surface area contributed by atoms with E-state index in [1.807, 2.05) is 0 Å². The van der Waals surface area contributed by atoms with Gasteiger partial charge in [0.25, 0.3) is 0 Å². The Bertz CT molecular complexity index is 297. The van der Waals surface area contributed by atoms with Gasteiger partial charge in [-0.1, -0.05) is 181 Å². The molecule has 0 N–H and O–H groups in total. The molecule has 0 saturated heterocycles. The number of unbranched alkanes of at least 4 members (excludes halogenated alkanes) is 26. The van der Waals surface area contributed by atoms with Crippen LogP contribution < -0.4 is 51.4 Å². The van der Waals surface area contributed by atoms with Crippen LogP contribution in [-0.4, -0.2) is 13.2 Å². The van der Waals surface area contributed by atoms with E-state index in [4.69, 9.17) is 4.74 Å². The summed E-state index contributed by atoms with van der Waals surface area (Å²) in [5, 5.41) is 0. The molecule has 0 aliphatic heterocycles. The molecule has 0 fully saturated rings. The third kappa shape index (κ3) is 35.8. The average Bonchev–Trinajstić information content (AvgIpc) is 2.83. The minimum atomic E-state index is 0. The van der Waals surface area contributed by atoms with Gasteiger partial charge in [0.05, 0.1) is 0 Å². The predicted octanol–water partition coefficient (Wildman–Crippen LogP) is 9.08. The molecule has 0 spiro atoms. The maximum atomic E-state index is 5.85. The van der Waals surface area contributed by atoms with Crippen molar-refractivity contribution in [1.29, 1.82) is 0 Å². The van der Waals surface area contributed by atoms with Gasteiger partial charge in [0.2, 0.25) is 0 Å². The van der Waals surface area contributed by atoms with Crippen molar-refractivity contribution in [2.75, 3.05) is 13.2 Å². The van der Waals surface area contributed by atoms with Gasteiger partial charge in [-0.2, -0.15) is 0 Å². The van der Waals surface area contributed by atoms with Gasteiger partial charge >= 0.3 is 51.4 Å². The molecule has 0 aromatic heterocycles. The smallest absolute Gasteiger partial charge is 1.00 e. The largest absolute Gasteiger partial charge is 1.00 e. The fraction of sp³-hybridized carbons (Fsp3) is 1.00. The zero-order valence-electron chi connectivity index (χ0n) is 25.6. The molecule has 202 valence electrons. The van der Waals surface area contributed by atoms with Gasteiger partial charge in [-0.3, -0.25) is 0 Å². The normalized spacial score (nSPS) is 11.1. The molecular weight excluding hydrogens is 439 g/mol. The summed E-state index contributed by atoms with van der Waals surface area (Å²) in [6, 6.07) is 0. The van der Waals surface area contributed by atoms with Crippen LogP contribution in [0.15, 0.2) is 0 Å². The Balaban J connectivity index is -0.00000512. The molecule has 2 heteroatoms. The van der Waals surface area contributed by atoms with Gasteiger partial charge in [0, 0.05) is 13.2 Å². The van der Waals surface area contributed by atoms with Crippen LogP contribution in [0, 0.1) is 0 Å². The molecule has 0 unspecified atom stereocenters. The van der Waals surface area contributed by atoms with Crippen LogP contribution in [0.1, 0.15) is 195 Å². The Morgan fingerprint density at radius 2 is 0.471 bits per heavy atom. The van der Waals surface area contributed by atoms with Gasteiger partial charge in [-0.05, 0) is 12.8 Å². The van der Waals surface area contributed by atoms with E-state index in [-0.39, 0.29) is 52.8 Å². The molecule has 34 heavy (non-hydrogen) atoms. The van der Waals surface area contributed by atoms with E-state index in [1.54, 1.807) is 0 Å². The van der Waals surface area contributed by atoms with Crippen LogP contribution in [0.3, 0.4) is 0 Å². The zero-order valence-corrected chi connectivity index (χ0v) is 27.7. The van der Waals surface area contributed by atoms with Gasteiger partial charge < -0.3 is 6.16 Å². The molecule has 0 rings (SSSR count). The fourth-order valence-electron chi connectivity index (χ4n) is 4.90.